The Labute approximate surface area is 150 Å². The van der Waals surface area contributed by atoms with E-state index in [4.69, 9.17) is 4.74 Å². The van der Waals surface area contributed by atoms with Gasteiger partial charge in [-0.1, -0.05) is 18.2 Å². The molecular weight excluding hydrogens is 314 g/mol. The fourth-order valence-electron chi connectivity index (χ4n) is 4.61. The normalized spacial score (nSPS) is 26.7. The van der Waals surface area contributed by atoms with E-state index in [1.807, 2.05) is 35.2 Å². The lowest BCUT2D eigenvalue weighted by molar-refractivity contribution is -0.127. The average Bonchev–Trinajstić information content (AvgIpc) is 3.18. The molecule has 1 atom stereocenters. The summed E-state index contributed by atoms with van der Waals surface area (Å²) in [4.78, 5) is 17.1. The Bertz CT molecular complexity index is 578. The minimum absolute atomic E-state index is 0.00493. The van der Waals surface area contributed by atoms with E-state index in [1.165, 1.54) is 32.4 Å². The Hall–Kier alpha value is -1.59. The molecule has 5 nitrogen and oxygen atoms in total. The summed E-state index contributed by atoms with van der Waals surface area (Å²) in [6.07, 6.45) is 6.91. The number of para-hydroxylation sites is 1. The highest BCUT2D eigenvalue weighted by atomic mass is 16.5. The highest BCUT2D eigenvalue weighted by molar-refractivity contribution is 5.89. The molecule has 3 aliphatic heterocycles. The van der Waals surface area contributed by atoms with Crippen LogP contribution in [0.25, 0.3) is 0 Å². The van der Waals surface area contributed by atoms with E-state index >= 15 is 0 Å². The summed E-state index contributed by atoms with van der Waals surface area (Å²) in [5, 5.41) is 2.99. The second kappa shape index (κ2) is 7.34. The van der Waals surface area contributed by atoms with Gasteiger partial charge in [0.2, 0.25) is 0 Å². The maximum absolute atomic E-state index is 12.5. The molecule has 3 heterocycles. The lowest BCUT2D eigenvalue weighted by atomic mass is 9.82. The summed E-state index contributed by atoms with van der Waals surface area (Å²) in [7, 11) is 0. The van der Waals surface area contributed by atoms with Crippen molar-refractivity contribution in [2.24, 2.45) is 0 Å². The summed E-state index contributed by atoms with van der Waals surface area (Å²) >= 11 is 0. The Morgan fingerprint density at radius 2 is 1.80 bits per heavy atom. The third-order valence-corrected chi connectivity index (χ3v) is 6.11. The number of benzene rings is 1. The van der Waals surface area contributed by atoms with Crippen molar-refractivity contribution in [2.75, 3.05) is 38.1 Å². The number of rotatable bonds is 2. The number of anilines is 1. The van der Waals surface area contributed by atoms with Gasteiger partial charge in [-0.05, 0) is 63.7 Å². The van der Waals surface area contributed by atoms with Crippen LogP contribution in [0.2, 0.25) is 0 Å². The second-order valence-electron chi connectivity index (χ2n) is 7.70. The molecule has 25 heavy (non-hydrogen) atoms. The predicted molar refractivity (Wildman–Crippen MR) is 98.8 cm³/mol. The molecule has 2 amide bonds. The number of hydrogen-bond acceptors (Lipinski definition) is 3. The number of ether oxygens (including phenoxy) is 1. The Balaban J connectivity index is 1.32. The van der Waals surface area contributed by atoms with Gasteiger partial charge >= 0.3 is 6.03 Å². The first-order chi connectivity index (χ1) is 12.2. The molecule has 0 aromatic heterocycles. The number of hydrogen-bond donors (Lipinski definition) is 1. The third-order valence-electron chi connectivity index (χ3n) is 6.11. The molecule has 4 rings (SSSR count). The fraction of sp³-hybridized carbons (Fsp3) is 0.650. The lowest BCUT2D eigenvalue weighted by Gasteiger charge is -2.47. The van der Waals surface area contributed by atoms with Crippen molar-refractivity contribution in [1.29, 1.82) is 0 Å². The van der Waals surface area contributed by atoms with Crippen molar-refractivity contribution in [1.82, 2.24) is 9.80 Å². The standard InChI is InChI=1S/C20H29N3O2/c24-19(21-17-6-2-1-3-7-17)23-13-9-20(10-14-23)16-18(8-15-25-20)22-11-4-5-12-22/h1-3,6-7,18H,4-5,8-16H2,(H,21,24). The Morgan fingerprint density at radius 1 is 1.08 bits per heavy atom. The summed E-state index contributed by atoms with van der Waals surface area (Å²) in [6, 6.07) is 10.4. The molecule has 0 saturated carbocycles. The summed E-state index contributed by atoms with van der Waals surface area (Å²) in [6.45, 7) is 4.95. The molecule has 0 aliphatic carbocycles. The first-order valence-corrected chi connectivity index (χ1v) is 9.73. The topological polar surface area (TPSA) is 44.8 Å². The number of nitrogens with zero attached hydrogens (tertiary/aromatic N) is 2. The molecule has 3 saturated heterocycles. The van der Waals surface area contributed by atoms with Gasteiger partial charge in [-0.3, -0.25) is 0 Å². The van der Waals surface area contributed by atoms with Gasteiger partial charge < -0.3 is 19.9 Å². The van der Waals surface area contributed by atoms with E-state index in [0.717, 1.165) is 44.6 Å². The van der Waals surface area contributed by atoms with Gasteiger partial charge in [0, 0.05) is 31.4 Å². The number of carbonyl (C=O) groups is 1. The first-order valence-electron chi connectivity index (χ1n) is 9.73. The Kier molecular flexibility index (Phi) is 4.95. The van der Waals surface area contributed by atoms with Crippen molar-refractivity contribution < 1.29 is 9.53 Å². The first kappa shape index (κ1) is 16.9. The van der Waals surface area contributed by atoms with Crippen LogP contribution in [0, 0.1) is 0 Å². The zero-order chi connectivity index (χ0) is 17.1. The SMILES string of the molecule is O=C(Nc1ccccc1)N1CCC2(CC1)CC(N1CCCC1)CCO2. The zero-order valence-electron chi connectivity index (χ0n) is 15.0. The Morgan fingerprint density at radius 3 is 2.52 bits per heavy atom. The number of nitrogens with one attached hydrogen (secondary N) is 1. The van der Waals surface area contributed by atoms with Gasteiger partial charge in [-0.2, -0.15) is 0 Å². The highest BCUT2D eigenvalue weighted by Crippen LogP contribution is 2.37. The van der Waals surface area contributed by atoms with Crippen molar-refractivity contribution in [3.63, 3.8) is 0 Å². The molecule has 1 unspecified atom stereocenters. The van der Waals surface area contributed by atoms with Crippen LogP contribution in [0.1, 0.15) is 38.5 Å². The molecule has 3 aliphatic rings. The molecule has 1 N–H and O–H groups in total. The summed E-state index contributed by atoms with van der Waals surface area (Å²) < 4.78 is 6.26. The van der Waals surface area contributed by atoms with Crippen molar-refractivity contribution in [3.8, 4) is 0 Å². The van der Waals surface area contributed by atoms with Crippen molar-refractivity contribution >= 4 is 11.7 Å². The van der Waals surface area contributed by atoms with Crippen LogP contribution >= 0.6 is 0 Å². The van der Waals surface area contributed by atoms with Gasteiger partial charge in [0.15, 0.2) is 0 Å². The predicted octanol–water partition coefficient (Wildman–Crippen LogP) is 3.33. The third kappa shape index (κ3) is 3.82. The quantitative estimate of drug-likeness (QED) is 0.896. The van der Waals surface area contributed by atoms with Crippen LogP contribution in [-0.4, -0.2) is 60.3 Å². The van der Waals surface area contributed by atoms with E-state index in [9.17, 15) is 4.79 Å². The zero-order valence-corrected chi connectivity index (χ0v) is 15.0. The smallest absolute Gasteiger partial charge is 0.321 e. The van der Waals surface area contributed by atoms with Gasteiger partial charge in [0.05, 0.1) is 5.60 Å². The minimum atomic E-state index is -0.00493. The lowest BCUT2D eigenvalue weighted by Crippen LogP contribution is -2.54. The molecule has 0 radical (unpaired) electrons. The van der Waals surface area contributed by atoms with E-state index < -0.39 is 0 Å². The number of urea groups is 1. The van der Waals surface area contributed by atoms with Gasteiger partial charge in [0.1, 0.15) is 0 Å². The molecule has 1 spiro atoms. The highest BCUT2D eigenvalue weighted by Gasteiger charge is 2.42. The van der Waals surface area contributed by atoms with E-state index in [2.05, 4.69) is 10.2 Å². The van der Waals surface area contributed by atoms with Crippen LogP contribution in [-0.2, 0) is 4.74 Å². The fourth-order valence-corrected chi connectivity index (χ4v) is 4.61. The molecule has 1 aromatic rings. The minimum Gasteiger partial charge on any atom is -0.375 e. The van der Waals surface area contributed by atoms with Crippen molar-refractivity contribution in [2.45, 2.75) is 50.2 Å². The van der Waals surface area contributed by atoms with Crippen LogP contribution in [0.4, 0.5) is 10.5 Å². The van der Waals surface area contributed by atoms with Crippen LogP contribution < -0.4 is 5.32 Å². The van der Waals surface area contributed by atoms with E-state index in [-0.39, 0.29) is 11.6 Å². The maximum atomic E-state index is 12.5. The number of amides is 2. The molecule has 3 fully saturated rings. The van der Waals surface area contributed by atoms with Crippen LogP contribution in [0.15, 0.2) is 30.3 Å². The molecular formula is C20H29N3O2. The molecule has 1 aromatic carbocycles. The van der Waals surface area contributed by atoms with Crippen LogP contribution in [0.5, 0.6) is 0 Å². The van der Waals surface area contributed by atoms with Gasteiger partial charge in [-0.25, -0.2) is 4.79 Å². The molecule has 0 bridgehead atoms. The molecule has 136 valence electrons. The number of carbonyl (C=O) groups excluding carboxylic acids is 1. The van der Waals surface area contributed by atoms with Gasteiger partial charge in [0.25, 0.3) is 0 Å². The molecule has 5 heteroatoms. The maximum Gasteiger partial charge on any atom is 0.321 e. The number of piperidine rings is 1. The summed E-state index contributed by atoms with van der Waals surface area (Å²) in [5.41, 5.74) is 0.852. The van der Waals surface area contributed by atoms with Crippen molar-refractivity contribution in [3.05, 3.63) is 30.3 Å². The van der Waals surface area contributed by atoms with E-state index in [0.29, 0.717) is 6.04 Å². The second-order valence-corrected chi connectivity index (χ2v) is 7.70. The average molecular weight is 343 g/mol. The van der Waals surface area contributed by atoms with Crippen LogP contribution in [0.3, 0.4) is 0 Å². The van der Waals surface area contributed by atoms with E-state index in [1.54, 1.807) is 0 Å². The number of likely N-dealkylation sites (tertiary alicyclic amines) is 2. The van der Waals surface area contributed by atoms with Gasteiger partial charge in [-0.15, -0.1) is 0 Å². The monoisotopic (exact) mass is 343 g/mol. The largest absolute Gasteiger partial charge is 0.375 e. The summed E-state index contributed by atoms with van der Waals surface area (Å²) in [5.74, 6) is 0.